The van der Waals surface area contributed by atoms with Crippen molar-refractivity contribution in [3.05, 3.63) is 0 Å². The van der Waals surface area contributed by atoms with Gasteiger partial charge >= 0.3 is 0 Å². The van der Waals surface area contributed by atoms with Crippen LogP contribution in [0.25, 0.3) is 0 Å². The lowest BCUT2D eigenvalue weighted by molar-refractivity contribution is -0.123. The molecule has 0 spiro atoms. The van der Waals surface area contributed by atoms with Gasteiger partial charge in [0.1, 0.15) is 0 Å². The first-order valence-corrected chi connectivity index (χ1v) is 6.19. The van der Waals surface area contributed by atoms with Gasteiger partial charge in [0, 0.05) is 18.6 Å². The maximum atomic E-state index is 11.9. The van der Waals surface area contributed by atoms with Crippen molar-refractivity contribution in [1.29, 1.82) is 0 Å². The fraction of sp³-hybridized carbons (Fsp3) is 0.917. The molecule has 2 saturated carbocycles. The number of fused-ring (bicyclic) bond motifs is 1. The molecule has 2 fully saturated rings. The summed E-state index contributed by atoms with van der Waals surface area (Å²) in [5.74, 6) is 1.93. The van der Waals surface area contributed by atoms with E-state index in [0.29, 0.717) is 24.2 Å². The van der Waals surface area contributed by atoms with E-state index in [4.69, 9.17) is 5.11 Å². The molecule has 3 unspecified atom stereocenters. The van der Waals surface area contributed by atoms with Crippen molar-refractivity contribution in [3.8, 4) is 0 Å². The fourth-order valence-electron chi connectivity index (χ4n) is 3.04. The van der Waals surface area contributed by atoms with Crippen molar-refractivity contribution in [2.45, 2.75) is 45.1 Å². The van der Waals surface area contributed by atoms with Crippen molar-refractivity contribution in [2.75, 3.05) is 6.61 Å². The van der Waals surface area contributed by atoms with Crippen LogP contribution in [-0.2, 0) is 4.79 Å². The van der Waals surface area contributed by atoms with Gasteiger partial charge in [-0.2, -0.15) is 0 Å². The molecule has 0 aromatic heterocycles. The highest BCUT2D eigenvalue weighted by atomic mass is 16.3. The molecule has 0 aliphatic heterocycles. The van der Waals surface area contributed by atoms with Crippen molar-refractivity contribution in [1.82, 2.24) is 5.32 Å². The highest BCUT2D eigenvalue weighted by Crippen LogP contribution is 2.57. The van der Waals surface area contributed by atoms with Crippen LogP contribution in [0.5, 0.6) is 0 Å². The molecule has 2 aliphatic rings. The van der Waals surface area contributed by atoms with E-state index in [1.807, 2.05) is 6.92 Å². The Bertz CT molecular complexity index is 232. The summed E-state index contributed by atoms with van der Waals surface area (Å²) < 4.78 is 0. The largest absolute Gasteiger partial charge is 0.396 e. The molecule has 2 rings (SSSR count). The highest BCUT2D eigenvalue weighted by molar-refractivity contribution is 5.82. The van der Waals surface area contributed by atoms with E-state index in [9.17, 15) is 4.79 Å². The number of nitrogens with one attached hydrogen (secondary N) is 1. The second kappa shape index (κ2) is 4.52. The van der Waals surface area contributed by atoms with E-state index < -0.39 is 0 Å². The number of aliphatic hydroxyl groups excluding tert-OH is 1. The van der Waals surface area contributed by atoms with Gasteiger partial charge in [0.15, 0.2) is 0 Å². The Kier molecular flexibility index (Phi) is 3.29. The molecule has 3 nitrogen and oxygen atoms in total. The van der Waals surface area contributed by atoms with Crippen LogP contribution in [0.2, 0.25) is 0 Å². The van der Waals surface area contributed by atoms with Gasteiger partial charge in [-0.15, -0.1) is 0 Å². The monoisotopic (exact) mass is 211 g/mol. The molecule has 3 atom stereocenters. The molecular formula is C12H21NO2. The third-order valence-corrected chi connectivity index (χ3v) is 4.03. The van der Waals surface area contributed by atoms with Gasteiger partial charge in [-0.3, -0.25) is 4.79 Å². The Balaban J connectivity index is 1.77. The predicted octanol–water partition coefficient (Wildman–Crippen LogP) is 1.31. The smallest absolute Gasteiger partial charge is 0.223 e. The Morgan fingerprint density at radius 3 is 2.67 bits per heavy atom. The summed E-state index contributed by atoms with van der Waals surface area (Å²) in [5.41, 5.74) is 0. The average Bonchev–Trinajstić information content (AvgIpc) is 2.72. The summed E-state index contributed by atoms with van der Waals surface area (Å²) in [4.78, 5) is 11.9. The minimum atomic E-state index is 0.163. The van der Waals surface area contributed by atoms with E-state index in [-0.39, 0.29) is 18.6 Å². The van der Waals surface area contributed by atoms with Gasteiger partial charge in [0.05, 0.1) is 0 Å². The molecule has 86 valence electrons. The summed E-state index contributed by atoms with van der Waals surface area (Å²) in [6.45, 7) is 2.21. The van der Waals surface area contributed by atoms with Crippen LogP contribution in [0.1, 0.15) is 39.0 Å². The van der Waals surface area contributed by atoms with E-state index in [0.717, 1.165) is 6.42 Å². The predicted molar refractivity (Wildman–Crippen MR) is 58.2 cm³/mol. The second-order valence-electron chi connectivity index (χ2n) is 4.91. The van der Waals surface area contributed by atoms with Crippen molar-refractivity contribution >= 4 is 5.91 Å². The standard InChI is InChI=1S/C12H21NO2/c1-2-8(6-7-14)13-12(15)11-9-4-3-5-10(9)11/h8-11,14H,2-7H2,1H3,(H,13,15). The van der Waals surface area contributed by atoms with Crippen LogP contribution in [0.3, 0.4) is 0 Å². The number of hydrogen-bond acceptors (Lipinski definition) is 2. The van der Waals surface area contributed by atoms with Gasteiger partial charge in [-0.25, -0.2) is 0 Å². The molecular weight excluding hydrogens is 190 g/mol. The van der Waals surface area contributed by atoms with Crippen molar-refractivity contribution in [2.24, 2.45) is 17.8 Å². The zero-order valence-electron chi connectivity index (χ0n) is 9.41. The lowest BCUT2D eigenvalue weighted by Crippen LogP contribution is -2.36. The molecule has 1 amide bonds. The number of carbonyl (C=O) groups excluding carboxylic acids is 1. The summed E-state index contributed by atoms with van der Waals surface area (Å²) in [7, 11) is 0. The van der Waals surface area contributed by atoms with Crippen molar-refractivity contribution < 1.29 is 9.90 Å². The van der Waals surface area contributed by atoms with Gasteiger partial charge in [-0.05, 0) is 37.5 Å². The van der Waals surface area contributed by atoms with Crippen LogP contribution < -0.4 is 5.32 Å². The molecule has 2 N–H and O–H groups in total. The number of rotatable bonds is 5. The first-order chi connectivity index (χ1) is 7.27. The second-order valence-corrected chi connectivity index (χ2v) is 4.91. The number of aliphatic hydroxyl groups is 1. The Morgan fingerprint density at radius 2 is 2.13 bits per heavy atom. The third kappa shape index (κ3) is 2.17. The van der Waals surface area contributed by atoms with Crippen LogP contribution in [-0.4, -0.2) is 23.7 Å². The zero-order valence-corrected chi connectivity index (χ0v) is 9.41. The van der Waals surface area contributed by atoms with E-state index in [1.165, 1.54) is 19.3 Å². The minimum absolute atomic E-state index is 0.163. The van der Waals surface area contributed by atoms with E-state index >= 15 is 0 Å². The van der Waals surface area contributed by atoms with Crippen molar-refractivity contribution in [3.63, 3.8) is 0 Å². The summed E-state index contributed by atoms with van der Waals surface area (Å²) >= 11 is 0. The normalized spacial score (nSPS) is 34.7. The molecule has 0 bridgehead atoms. The lowest BCUT2D eigenvalue weighted by atomic mass is 10.1. The quantitative estimate of drug-likeness (QED) is 0.720. The van der Waals surface area contributed by atoms with Crippen LogP contribution in [0.4, 0.5) is 0 Å². The van der Waals surface area contributed by atoms with Gasteiger partial charge in [0.25, 0.3) is 0 Å². The first kappa shape index (κ1) is 10.9. The van der Waals surface area contributed by atoms with Gasteiger partial charge in [-0.1, -0.05) is 13.3 Å². The average molecular weight is 211 g/mol. The summed E-state index contributed by atoms with van der Waals surface area (Å²) in [5, 5.41) is 11.9. The Hall–Kier alpha value is -0.570. The first-order valence-electron chi connectivity index (χ1n) is 6.19. The molecule has 0 saturated heterocycles. The number of carbonyl (C=O) groups is 1. The molecule has 0 radical (unpaired) electrons. The maximum absolute atomic E-state index is 11.9. The fourth-order valence-corrected chi connectivity index (χ4v) is 3.04. The van der Waals surface area contributed by atoms with Crippen LogP contribution >= 0.6 is 0 Å². The van der Waals surface area contributed by atoms with Crippen LogP contribution in [0.15, 0.2) is 0 Å². The van der Waals surface area contributed by atoms with Gasteiger partial charge < -0.3 is 10.4 Å². The lowest BCUT2D eigenvalue weighted by Gasteiger charge is -2.16. The number of hydrogen-bond donors (Lipinski definition) is 2. The number of amides is 1. The van der Waals surface area contributed by atoms with Gasteiger partial charge in [0.2, 0.25) is 5.91 Å². The molecule has 0 aromatic rings. The SMILES string of the molecule is CCC(CCO)NC(=O)C1C2CCCC21. The topological polar surface area (TPSA) is 49.3 Å². The molecule has 15 heavy (non-hydrogen) atoms. The molecule has 3 heteroatoms. The zero-order chi connectivity index (χ0) is 10.8. The van der Waals surface area contributed by atoms with Crippen LogP contribution in [0, 0.1) is 17.8 Å². The maximum Gasteiger partial charge on any atom is 0.223 e. The highest BCUT2D eigenvalue weighted by Gasteiger charge is 2.56. The van der Waals surface area contributed by atoms with E-state index in [1.54, 1.807) is 0 Å². The van der Waals surface area contributed by atoms with E-state index in [2.05, 4.69) is 5.32 Å². The Labute approximate surface area is 91.2 Å². The summed E-state index contributed by atoms with van der Waals surface area (Å²) in [6, 6.07) is 0.170. The molecule has 0 heterocycles. The Morgan fingerprint density at radius 1 is 1.47 bits per heavy atom. The summed E-state index contributed by atoms with van der Waals surface area (Å²) in [6.07, 6.45) is 5.41. The molecule has 2 aliphatic carbocycles. The third-order valence-electron chi connectivity index (χ3n) is 4.03. The molecule has 0 aromatic carbocycles. The minimum Gasteiger partial charge on any atom is -0.396 e.